The highest BCUT2D eigenvalue weighted by Crippen LogP contribution is 2.26. The van der Waals surface area contributed by atoms with E-state index >= 15 is 0 Å². The predicted octanol–water partition coefficient (Wildman–Crippen LogP) is 8.73. The van der Waals surface area contributed by atoms with Crippen molar-refractivity contribution in [1.82, 2.24) is 19.9 Å². The van der Waals surface area contributed by atoms with Gasteiger partial charge in [-0.2, -0.15) is 0 Å². The van der Waals surface area contributed by atoms with Crippen molar-refractivity contribution >= 4 is 11.6 Å². The topological polar surface area (TPSA) is 57.4 Å². The molecule has 2 N–H and O–H groups in total. The second-order valence-corrected chi connectivity index (χ2v) is 9.00. The number of aryl methyl sites for hydroxylation is 1. The molecule has 0 aliphatic carbocycles. The normalized spacial score (nSPS) is 10.6. The Kier molecular flexibility index (Phi) is 7.43. The third-order valence-electron chi connectivity index (χ3n) is 5.91. The Morgan fingerprint density at radius 3 is 2.03 bits per heavy atom. The number of aromatic nitrogens is 4. The SMILES string of the molecule is Cc1[nH]c(-c2ccc(F)cc2)nc1-c1ccccc1.Fc1ccccc1-c1ncc(-c2ccc(Cl)cc2)[nH]1. The third-order valence-corrected chi connectivity index (χ3v) is 6.16. The summed E-state index contributed by atoms with van der Waals surface area (Å²) < 4.78 is 26.6. The smallest absolute Gasteiger partial charge is 0.140 e. The number of hydrogen-bond donors (Lipinski definition) is 2. The van der Waals surface area contributed by atoms with Gasteiger partial charge in [0.1, 0.15) is 23.3 Å². The van der Waals surface area contributed by atoms with Crippen LogP contribution in [-0.4, -0.2) is 19.9 Å². The summed E-state index contributed by atoms with van der Waals surface area (Å²) in [5.74, 6) is 0.745. The zero-order valence-corrected chi connectivity index (χ0v) is 21.2. The molecule has 0 bridgehead atoms. The van der Waals surface area contributed by atoms with Crippen molar-refractivity contribution in [2.24, 2.45) is 0 Å². The Labute approximate surface area is 224 Å². The largest absolute Gasteiger partial charge is 0.342 e. The van der Waals surface area contributed by atoms with Crippen LogP contribution in [0.25, 0.3) is 45.3 Å². The lowest BCUT2D eigenvalue weighted by Gasteiger charge is -1.99. The molecule has 6 rings (SSSR count). The monoisotopic (exact) mass is 524 g/mol. The van der Waals surface area contributed by atoms with Crippen molar-refractivity contribution in [3.05, 3.63) is 132 Å². The molecule has 38 heavy (non-hydrogen) atoms. The first-order valence-corrected chi connectivity index (χ1v) is 12.3. The molecule has 0 saturated heterocycles. The molecule has 0 saturated carbocycles. The van der Waals surface area contributed by atoms with Gasteiger partial charge in [-0.05, 0) is 61.0 Å². The number of benzene rings is 4. The molecule has 0 fully saturated rings. The van der Waals surface area contributed by atoms with Crippen LogP contribution in [0.4, 0.5) is 8.78 Å². The molecule has 4 aromatic carbocycles. The van der Waals surface area contributed by atoms with Crippen LogP contribution in [0.1, 0.15) is 5.69 Å². The molecule has 0 aliphatic heterocycles. The minimum absolute atomic E-state index is 0.240. The zero-order chi connectivity index (χ0) is 26.5. The fourth-order valence-electron chi connectivity index (χ4n) is 3.97. The standard InChI is InChI=1S/C16H13FN2.C15H10ClFN2/c1-11-15(12-5-3-2-4-6-12)19-16(18-11)13-7-9-14(17)10-8-13;16-11-7-5-10(6-8-11)14-9-18-15(19-14)12-3-1-2-4-13(12)17/h2-10H,1H3,(H,18,19);1-9H,(H,18,19). The molecular weight excluding hydrogens is 502 g/mol. The van der Waals surface area contributed by atoms with Gasteiger partial charge in [0.2, 0.25) is 0 Å². The number of imidazole rings is 2. The van der Waals surface area contributed by atoms with Crippen LogP contribution < -0.4 is 0 Å². The van der Waals surface area contributed by atoms with Crippen LogP contribution in [0, 0.1) is 18.6 Å². The van der Waals surface area contributed by atoms with E-state index in [1.165, 1.54) is 18.2 Å². The van der Waals surface area contributed by atoms with Gasteiger partial charge >= 0.3 is 0 Å². The Bertz CT molecular complexity index is 1640. The van der Waals surface area contributed by atoms with E-state index in [0.717, 1.165) is 39.6 Å². The quantitative estimate of drug-likeness (QED) is 0.242. The second-order valence-electron chi connectivity index (χ2n) is 8.56. The number of aromatic amines is 2. The summed E-state index contributed by atoms with van der Waals surface area (Å²) in [6, 6.07) is 30.3. The Balaban J connectivity index is 0.000000155. The molecule has 2 aromatic heterocycles. The van der Waals surface area contributed by atoms with Gasteiger partial charge in [0.25, 0.3) is 0 Å². The summed E-state index contributed by atoms with van der Waals surface area (Å²) in [5, 5.41) is 0.678. The summed E-state index contributed by atoms with van der Waals surface area (Å²) >= 11 is 5.85. The zero-order valence-electron chi connectivity index (χ0n) is 20.4. The van der Waals surface area contributed by atoms with Gasteiger partial charge in [0, 0.05) is 21.8 Å². The molecule has 7 heteroatoms. The first-order valence-electron chi connectivity index (χ1n) is 11.9. The summed E-state index contributed by atoms with van der Waals surface area (Å²) in [5.41, 5.74) is 6.14. The fraction of sp³-hybridized carbons (Fsp3) is 0.0323. The van der Waals surface area contributed by atoms with E-state index < -0.39 is 0 Å². The van der Waals surface area contributed by atoms with Crippen LogP contribution in [-0.2, 0) is 0 Å². The lowest BCUT2D eigenvalue weighted by molar-refractivity contribution is 0.628. The van der Waals surface area contributed by atoms with Gasteiger partial charge in [-0.15, -0.1) is 0 Å². The lowest BCUT2D eigenvalue weighted by Crippen LogP contribution is -1.85. The summed E-state index contributed by atoms with van der Waals surface area (Å²) in [7, 11) is 0. The van der Waals surface area contributed by atoms with Crippen LogP contribution in [0.5, 0.6) is 0 Å². The maximum Gasteiger partial charge on any atom is 0.140 e. The van der Waals surface area contributed by atoms with E-state index in [1.807, 2.05) is 49.4 Å². The van der Waals surface area contributed by atoms with Crippen molar-refractivity contribution in [2.45, 2.75) is 6.92 Å². The molecule has 0 radical (unpaired) electrons. The molecule has 188 valence electrons. The highest BCUT2D eigenvalue weighted by molar-refractivity contribution is 6.30. The number of H-pyrrole nitrogens is 2. The first kappa shape index (κ1) is 25.1. The number of nitrogens with one attached hydrogen (secondary N) is 2. The fourth-order valence-corrected chi connectivity index (χ4v) is 4.10. The Morgan fingerprint density at radius 2 is 1.32 bits per heavy atom. The minimum atomic E-state index is -0.292. The van der Waals surface area contributed by atoms with Crippen molar-refractivity contribution in [3.8, 4) is 45.3 Å². The van der Waals surface area contributed by atoms with E-state index in [0.29, 0.717) is 16.4 Å². The Morgan fingerprint density at radius 1 is 0.658 bits per heavy atom. The van der Waals surface area contributed by atoms with E-state index in [9.17, 15) is 8.78 Å². The maximum atomic E-state index is 13.7. The third kappa shape index (κ3) is 5.71. The summed E-state index contributed by atoms with van der Waals surface area (Å²) in [4.78, 5) is 15.2. The molecule has 0 amide bonds. The predicted molar refractivity (Wildman–Crippen MR) is 149 cm³/mol. The number of nitrogens with zero attached hydrogens (tertiary/aromatic N) is 2. The molecule has 2 heterocycles. The summed E-state index contributed by atoms with van der Waals surface area (Å²) in [6.45, 7) is 1.99. The van der Waals surface area contributed by atoms with Crippen LogP contribution >= 0.6 is 11.6 Å². The molecule has 4 nitrogen and oxygen atoms in total. The van der Waals surface area contributed by atoms with E-state index in [2.05, 4.69) is 19.9 Å². The van der Waals surface area contributed by atoms with Crippen molar-refractivity contribution in [3.63, 3.8) is 0 Å². The van der Waals surface area contributed by atoms with Gasteiger partial charge in [0.05, 0.1) is 23.1 Å². The number of hydrogen-bond acceptors (Lipinski definition) is 2. The van der Waals surface area contributed by atoms with E-state index in [-0.39, 0.29) is 11.6 Å². The molecular formula is C31H23ClF2N4. The van der Waals surface area contributed by atoms with Gasteiger partial charge in [0.15, 0.2) is 0 Å². The number of halogens is 3. The average Bonchev–Trinajstić information content (AvgIpc) is 3.58. The molecule has 0 atom stereocenters. The molecule has 0 spiro atoms. The Hall–Kier alpha value is -4.55. The van der Waals surface area contributed by atoms with Gasteiger partial charge in [-0.25, -0.2) is 18.7 Å². The lowest BCUT2D eigenvalue weighted by atomic mass is 10.1. The van der Waals surface area contributed by atoms with Gasteiger partial charge < -0.3 is 9.97 Å². The molecule has 0 unspecified atom stereocenters. The van der Waals surface area contributed by atoms with E-state index in [4.69, 9.17) is 11.6 Å². The minimum Gasteiger partial charge on any atom is -0.342 e. The average molecular weight is 525 g/mol. The number of rotatable bonds is 4. The highest BCUT2D eigenvalue weighted by atomic mass is 35.5. The second kappa shape index (κ2) is 11.2. The highest BCUT2D eigenvalue weighted by Gasteiger charge is 2.11. The van der Waals surface area contributed by atoms with Gasteiger partial charge in [-0.1, -0.05) is 66.2 Å². The van der Waals surface area contributed by atoms with E-state index in [1.54, 1.807) is 48.7 Å². The van der Waals surface area contributed by atoms with Crippen LogP contribution in [0.3, 0.4) is 0 Å². The van der Waals surface area contributed by atoms with Crippen molar-refractivity contribution in [1.29, 1.82) is 0 Å². The van der Waals surface area contributed by atoms with Crippen molar-refractivity contribution in [2.75, 3.05) is 0 Å². The van der Waals surface area contributed by atoms with Crippen LogP contribution in [0.15, 0.2) is 109 Å². The molecule has 0 aliphatic rings. The maximum absolute atomic E-state index is 13.7. The summed E-state index contributed by atoms with van der Waals surface area (Å²) in [6.07, 6.45) is 1.69. The van der Waals surface area contributed by atoms with Crippen LogP contribution in [0.2, 0.25) is 5.02 Å². The first-order chi connectivity index (χ1) is 18.5. The van der Waals surface area contributed by atoms with Crippen molar-refractivity contribution < 1.29 is 8.78 Å². The molecule has 6 aromatic rings. The van der Waals surface area contributed by atoms with Gasteiger partial charge in [-0.3, -0.25) is 0 Å².